The van der Waals surface area contributed by atoms with Gasteiger partial charge >= 0.3 is 0 Å². The Morgan fingerprint density at radius 1 is 1.21 bits per heavy atom. The number of hydrogen-bond acceptors (Lipinski definition) is 4. The van der Waals surface area contributed by atoms with Gasteiger partial charge < -0.3 is 20.7 Å². The van der Waals surface area contributed by atoms with Crippen LogP contribution in [0.4, 0.5) is 0 Å². The van der Waals surface area contributed by atoms with Crippen LogP contribution in [0.15, 0.2) is 29.5 Å². The lowest BCUT2D eigenvalue weighted by Gasteiger charge is -2.13. The van der Waals surface area contributed by atoms with Crippen molar-refractivity contribution in [2.24, 2.45) is 10.9 Å². The first kappa shape index (κ1) is 19.9. The molecular weight excluding hydrogens is 306 g/mol. The summed E-state index contributed by atoms with van der Waals surface area (Å²) >= 11 is 0. The van der Waals surface area contributed by atoms with Gasteiger partial charge in [-0.05, 0) is 24.5 Å². The molecule has 0 saturated heterocycles. The van der Waals surface area contributed by atoms with E-state index in [1.54, 1.807) is 31.6 Å². The van der Waals surface area contributed by atoms with Crippen molar-refractivity contribution >= 4 is 11.9 Å². The van der Waals surface area contributed by atoms with Gasteiger partial charge in [0.25, 0.3) is 5.91 Å². The van der Waals surface area contributed by atoms with Gasteiger partial charge in [-0.1, -0.05) is 13.8 Å². The molecule has 7 nitrogen and oxygen atoms in total. The summed E-state index contributed by atoms with van der Waals surface area (Å²) in [4.78, 5) is 19.9. The van der Waals surface area contributed by atoms with E-state index in [1.807, 2.05) is 0 Å². The van der Waals surface area contributed by atoms with Gasteiger partial charge in [-0.3, -0.25) is 14.8 Å². The Morgan fingerprint density at radius 3 is 2.62 bits per heavy atom. The highest BCUT2D eigenvalue weighted by Gasteiger charge is 2.04. The topological polar surface area (TPSA) is 87.6 Å². The lowest BCUT2D eigenvalue weighted by atomic mass is 10.1. The number of aliphatic imine (C=N–C) groups is 1. The van der Waals surface area contributed by atoms with E-state index in [9.17, 15) is 4.79 Å². The fraction of sp³-hybridized carbons (Fsp3) is 0.588. The number of rotatable bonds is 10. The summed E-state index contributed by atoms with van der Waals surface area (Å²) in [6.45, 7) is 7.57. The van der Waals surface area contributed by atoms with Crippen LogP contribution in [-0.2, 0) is 4.74 Å². The molecule has 0 aliphatic heterocycles. The average molecular weight is 335 g/mol. The van der Waals surface area contributed by atoms with Gasteiger partial charge in [-0.2, -0.15) is 0 Å². The molecule has 1 aromatic heterocycles. The number of ether oxygens (including phenoxy) is 1. The van der Waals surface area contributed by atoms with E-state index in [-0.39, 0.29) is 5.91 Å². The summed E-state index contributed by atoms with van der Waals surface area (Å²) in [7, 11) is 1.71. The third-order valence-electron chi connectivity index (χ3n) is 3.23. The zero-order valence-electron chi connectivity index (χ0n) is 14.8. The standard InChI is InChI=1S/C17H29N5O2/c1-14(2)6-11-24-12-10-22-17(18-3)21-9-8-20-16(23)15-5-4-7-19-13-15/h4-5,7,13-14H,6,8-12H2,1-3H3,(H,20,23)(H2,18,21,22). The molecule has 1 heterocycles. The van der Waals surface area contributed by atoms with Crippen LogP contribution in [0.1, 0.15) is 30.6 Å². The fourth-order valence-corrected chi connectivity index (χ4v) is 1.84. The predicted molar refractivity (Wildman–Crippen MR) is 96.2 cm³/mol. The number of hydrogen-bond donors (Lipinski definition) is 3. The molecule has 7 heteroatoms. The van der Waals surface area contributed by atoms with Crippen LogP contribution in [0.25, 0.3) is 0 Å². The monoisotopic (exact) mass is 335 g/mol. The fourth-order valence-electron chi connectivity index (χ4n) is 1.84. The Labute approximate surface area is 144 Å². The molecule has 1 amide bonds. The van der Waals surface area contributed by atoms with E-state index in [4.69, 9.17) is 4.74 Å². The van der Waals surface area contributed by atoms with Gasteiger partial charge in [-0.25, -0.2) is 0 Å². The second-order valence-corrected chi connectivity index (χ2v) is 5.72. The van der Waals surface area contributed by atoms with Crippen molar-refractivity contribution in [3.05, 3.63) is 30.1 Å². The molecule has 0 spiro atoms. The summed E-state index contributed by atoms with van der Waals surface area (Å²) in [5, 5.41) is 9.13. The van der Waals surface area contributed by atoms with Crippen molar-refractivity contribution in [2.45, 2.75) is 20.3 Å². The van der Waals surface area contributed by atoms with Gasteiger partial charge in [0.2, 0.25) is 0 Å². The number of carbonyl (C=O) groups excluding carboxylic acids is 1. The van der Waals surface area contributed by atoms with E-state index in [2.05, 4.69) is 39.8 Å². The van der Waals surface area contributed by atoms with E-state index >= 15 is 0 Å². The van der Waals surface area contributed by atoms with E-state index in [0.29, 0.717) is 43.7 Å². The van der Waals surface area contributed by atoms with E-state index < -0.39 is 0 Å². The summed E-state index contributed by atoms with van der Waals surface area (Å²) < 4.78 is 5.54. The molecule has 0 atom stereocenters. The molecular formula is C17H29N5O2. The normalized spacial score (nSPS) is 11.4. The molecule has 0 aliphatic rings. The summed E-state index contributed by atoms with van der Waals surface area (Å²) in [5.74, 6) is 1.22. The molecule has 0 radical (unpaired) electrons. The predicted octanol–water partition coefficient (Wildman–Crippen LogP) is 1.04. The molecule has 24 heavy (non-hydrogen) atoms. The van der Waals surface area contributed by atoms with Gasteiger partial charge in [0.05, 0.1) is 12.2 Å². The maximum atomic E-state index is 11.8. The van der Waals surface area contributed by atoms with Crippen LogP contribution in [0.3, 0.4) is 0 Å². The number of guanidine groups is 1. The number of aromatic nitrogens is 1. The maximum absolute atomic E-state index is 11.8. The minimum Gasteiger partial charge on any atom is -0.380 e. The number of amides is 1. The molecule has 134 valence electrons. The van der Waals surface area contributed by atoms with Crippen LogP contribution in [0, 0.1) is 5.92 Å². The van der Waals surface area contributed by atoms with Crippen molar-refractivity contribution in [1.29, 1.82) is 0 Å². The molecule has 0 saturated carbocycles. The minimum atomic E-state index is -0.133. The molecule has 0 aromatic carbocycles. The Morgan fingerprint density at radius 2 is 1.96 bits per heavy atom. The van der Waals surface area contributed by atoms with Crippen LogP contribution in [-0.4, -0.2) is 56.7 Å². The van der Waals surface area contributed by atoms with Crippen molar-refractivity contribution in [1.82, 2.24) is 20.9 Å². The minimum absolute atomic E-state index is 0.133. The van der Waals surface area contributed by atoms with Crippen LogP contribution in [0.5, 0.6) is 0 Å². The number of nitrogens with one attached hydrogen (secondary N) is 3. The molecule has 0 unspecified atom stereocenters. The summed E-state index contributed by atoms with van der Waals surface area (Å²) in [5.41, 5.74) is 0.554. The van der Waals surface area contributed by atoms with Gasteiger partial charge in [0.1, 0.15) is 0 Å². The van der Waals surface area contributed by atoms with E-state index in [1.165, 1.54) is 0 Å². The Hall–Kier alpha value is -2.15. The largest absolute Gasteiger partial charge is 0.380 e. The first-order valence-corrected chi connectivity index (χ1v) is 8.34. The number of nitrogens with zero attached hydrogens (tertiary/aromatic N) is 2. The van der Waals surface area contributed by atoms with Gasteiger partial charge in [-0.15, -0.1) is 0 Å². The highest BCUT2D eigenvalue weighted by atomic mass is 16.5. The molecule has 3 N–H and O–H groups in total. The van der Waals surface area contributed by atoms with Crippen molar-refractivity contribution < 1.29 is 9.53 Å². The summed E-state index contributed by atoms with van der Waals surface area (Å²) in [6, 6.07) is 3.47. The zero-order chi connectivity index (χ0) is 17.6. The first-order valence-electron chi connectivity index (χ1n) is 8.34. The quantitative estimate of drug-likeness (QED) is 0.338. The molecule has 0 bridgehead atoms. The van der Waals surface area contributed by atoms with Crippen LogP contribution in [0.2, 0.25) is 0 Å². The van der Waals surface area contributed by atoms with Crippen molar-refractivity contribution in [3.63, 3.8) is 0 Å². The molecule has 0 fully saturated rings. The Bertz CT molecular complexity index is 491. The first-order chi connectivity index (χ1) is 11.6. The number of carbonyl (C=O) groups is 1. The van der Waals surface area contributed by atoms with Gasteiger partial charge in [0, 0.05) is 45.7 Å². The van der Waals surface area contributed by atoms with Crippen LogP contribution < -0.4 is 16.0 Å². The van der Waals surface area contributed by atoms with Crippen LogP contribution >= 0.6 is 0 Å². The smallest absolute Gasteiger partial charge is 0.252 e. The molecule has 1 aromatic rings. The second kappa shape index (κ2) is 12.3. The molecule has 1 rings (SSSR count). The Balaban J connectivity index is 2.08. The lowest BCUT2D eigenvalue weighted by Crippen LogP contribution is -2.42. The zero-order valence-corrected chi connectivity index (χ0v) is 14.8. The maximum Gasteiger partial charge on any atom is 0.252 e. The van der Waals surface area contributed by atoms with Crippen molar-refractivity contribution in [3.8, 4) is 0 Å². The molecule has 0 aliphatic carbocycles. The van der Waals surface area contributed by atoms with E-state index in [0.717, 1.165) is 13.0 Å². The van der Waals surface area contributed by atoms with Gasteiger partial charge in [0.15, 0.2) is 5.96 Å². The second-order valence-electron chi connectivity index (χ2n) is 5.72. The summed E-state index contributed by atoms with van der Waals surface area (Å²) in [6.07, 6.45) is 4.26. The van der Waals surface area contributed by atoms with Crippen molar-refractivity contribution in [2.75, 3.05) is 39.9 Å². The lowest BCUT2D eigenvalue weighted by molar-refractivity contribution is 0.0954. The highest BCUT2D eigenvalue weighted by molar-refractivity contribution is 5.93. The SMILES string of the molecule is CN=C(NCCNC(=O)c1cccnc1)NCCOCCC(C)C. The Kier molecular flexibility index (Phi) is 10.2. The number of pyridine rings is 1. The highest BCUT2D eigenvalue weighted by Crippen LogP contribution is 1.98. The third-order valence-corrected chi connectivity index (χ3v) is 3.23. The average Bonchev–Trinajstić information content (AvgIpc) is 2.60. The third kappa shape index (κ3) is 9.09.